The number of carbonyl (C=O) groups is 1. The highest BCUT2D eigenvalue weighted by atomic mass is 16.1. The third-order valence-corrected chi connectivity index (χ3v) is 5.65. The SMILES string of the molecule is CCC1C2CC3CC(C2)CC1(CC(N)=O)C3. The lowest BCUT2D eigenvalue weighted by Crippen LogP contribution is -2.53. The molecule has 16 heavy (non-hydrogen) atoms. The smallest absolute Gasteiger partial charge is 0.217 e. The predicted octanol–water partition coefficient (Wildman–Crippen LogP) is 2.71. The zero-order valence-corrected chi connectivity index (χ0v) is 10.2. The van der Waals surface area contributed by atoms with Crippen LogP contribution in [0.3, 0.4) is 0 Å². The molecule has 4 fully saturated rings. The fourth-order valence-corrected chi connectivity index (χ4v) is 5.70. The van der Waals surface area contributed by atoms with Gasteiger partial charge in [0.15, 0.2) is 0 Å². The molecule has 0 aromatic rings. The summed E-state index contributed by atoms with van der Waals surface area (Å²) in [6, 6.07) is 0. The fraction of sp³-hybridized carbons (Fsp3) is 0.929. The van der Waals surface area contributed by atoms with Gasteiger partial charge in [0.25, 0.3) is 0 Å². The number of carbonyl (C=O) groups excluding carboxylic acids is 1. The average molecular weight is 221 g/mol. The van der Waals surface area contributed by atoms with E-state index in [4.69, 9.17) is 5.73 Å². The van der Waals surface area contributed by atoms with Gasteiger partial charge in [0.05, 0.1) is 0 Å². The number of rotatable bonds is 3. The molecule has 3 atom stereocenters. The number of hydrogen-bond donors (Lipinski definition) is 1. The van der Waals surface area contributed by atoms with Gasteiger partial charge in [-0.3, -0.25) is 4.79 Å². The first-order valence-electron chi connectivity index (χ1n) is 6.91. The van der Waals surface area contributed by atoms with Crippen LogP contribution in [-0.2, 0) is 4.79 Å². The van der Waals surface area contributed by atoms with Gasteiger partial charge in [0.2, 0.25) is 5.91 Å². The normalized spacial score (nSPS) is 49.6. The van der Waals surface area contributed by atoms with Crippen molar-refractivity contribution in [3.8, 4) is 0 Å². The van der Waals surface area contributed by atoms with E-state index in [1.165, 1.54) is 38.5 Å². The molecule has 3 unspecified atom stereocenters. The lowest BCUT2D eigenvalue weighted by molar-refractivity contribution is -0.138. The molecule has 0 aliphatic heterocycles. The third-order valence-electron chi connectivity index (χ3n) is 5.65. The molecule has 0 radical (unpaired) electrons. The molecule has 4 aliphatic carbocycles. The van der Waals surface area contributed by atoms with Crippen LogP contribution >= 0.6 is 0 Å². The highest BCUT2D eigenvalue weighted by Crippen LogP contribution is 2.64. The van der Waals surface area contributed by atoms with Crippen molar-refractivity contribution in [2.75, 3.05) is 0 Å². The Bertz CT molecular complexity index is 298. The average Bonchev–Trinajstić information content (AvgIpc) is 2.13. The maximum absolute atomic E-state index is 11.4. The first kappa shape index (κ1) is 10.6. The number of nitrogens with two attached hydrogens (primary N) is 1. The van der Waals surface area contributed by atoms with E-state index in [2.05, 4.69) is 6.92 Å². The number of amides is 1. The summed E-state index contributed by atoms with van der Waals surface area (Å²) in [7, 11) is 0. The topological polar surface area (TPSA) is 43.1 Å². The van der Waals surface area contributed by atoms with Gasteiger partial charge in [-0.15, -0.1) is 0 Å². The Morgan fingerprint density at radius 3 is 2.38 bits per heavy atom. The van der Waals surface area contributed by atoms with Gasteiger partial charge in [-0.1, -0.05) is 13.3 Å². The lowest BCUT2D eigenvalue weighted by Gasteiger charge is -2.61. The Labute approximate surface area is 98.0 Å². The van der Waals surface area contributed by atoms with Gasteiger partial charge in [0.1, 0.15) is 0 Å². The lowest BCUT2D eigenvalue weighted by atomic mass is 9.44. The van der Waals surface area contributed by atoms with Crippen molar-refractivity contribution in [1.29, 1.82) is 0 Å². The second-order valence-electron chi connectivity index (χ2n) is 6.63. The van der Waals surface area contributed by atoms with E-state index >= 15 is 0 Å². The Kier molecular flexibility index (Phi) is 2.31. The van der Waals surface area contributed by atoms with E-state index in [1.54, 1.807) is 0 Å². The van der Waals surface area contributed by atoms with E-state index in [0.29, 0.717) is 11.8 Å². The summed E-state index contributed by atoms with van der Waals surface area (Å²) >= 11 is 0. The van der Waals surface area contributed by atoms with Crippen molar-refractivity contribution in [2.24, 2.45) is 34.8 Å². The molecule has 0 heterocycles. The quantitative estimate of drug-likeness (QED) is 0.782. The summed E-state index contributed by atoms with van der Waals surface area (Å²) in [5.41, 5.74) is 5.81. The van der Waals surface area contributed by atoms with Crippen LogP contribution in [0.2, 0.25) is 0 Å². The van der Waals surface area contributed by atoms with Crippen molar-refractivity contribution in [3.63, 3.8) is 0 Å². The molecule has 4 bridgehead atoms. The highest BCUT2D eigenvalue weighted by Gasteiger charge is 2.56. The van der Waals surface area contributed by atoms with Gasteiger partial charge in [-0.05, 0) is 61.2 Å². The van der Waals surface area contributed by atoms with E-state index in [9.17, 15) is 4.79 Å². The number of hydrogen-bond acceptors (Lipinski definition) is 1. The van der Waals surface area contributed by atoms with Crippen LogP contribution in [-0.4, -0.2) is 5.91 Å². The molecule has 2 N–H and O–H groups in total. The summed E-state index contributed by atoms with van der Waals surface area (Å²) in [6.07, 6.45) is 8.81. The van der Waals surface area contributed by atoms with Crippen LogP contribution in [0, 0.1) is 29.1 Å². The minimum absolute atomic E-state index is 0.0691. The molecular formula is C14H23NO. The minimum atomic E-state index is -0.0691. The maximum atomic E-state index is 11.4. The van der Waals surface area contributed by atoms with Crippen molar-refractivity contribution >= 4 is 5.91 Å². The van der Waals surface area contributed by atoms with E-state index in [-0.39, 0.29) is 5.91 Å². The van der Waals surface area contributed by atoms with Crippen LogP contribution in [0.5, 0.6) is 0 Å². The molecule has 0 spiro atoms. The molecular weight excluding hydrogens is 198 g/mol. The largest absolute Gasteiger partial charge is 0.370 e. The standard InChI is InChI=1S/C14H23NO/c1-2-12-11-4-9-3-10(5-11)7-14(12,6-9)8-13(15)16/h9-12H,2-8H2,1H3,(H2,15,16). The zero-order valence-electron chi connectivity index (χ0n) is 10.2. The molecule has 90 valence electrons. The van der Waals surface area contributed by atoms with Crippen molar-refractivity contribution in [3.05, 3.63) is 0 Å². The minimum Gasteiger partial charge on any atom is -0.370 e. The predicted molar refractivity (Wildman–Crippen MR) is 63.6 cm³/mol. The van der Waals surface area contributed by atoms with Crippen LogP contribution in [0.15, 0.2) is 0 Å². The summed E-state index contributed by atoms with van der Waals surface area (Å²) in [5, 5.41) is 0. The van der Waals surface area contributed by atoms with Gasteiger partial charge in [-0.2, -0.15) is 0 Å². The van der Waals surface area contributed by atoms with Gasteiger partial charge < -0.3 is 5.73 Å². The molecule has 4 rings (SSSR count). The Morgan fingerprint density at radius 1 is 1.25 bits per heavy atom. The number of primary amides is 1. The highest BCUT2D eigenvalue weighted by molar-refractivity contribution is 5.74. The summed E-state index contributed by atoms with van der Waals surface area (Å²) in [5.74, 6) is 3.46. The van der Waals surface area contributed by atoms with Crippen LogP contribution in [0.25, 0.3) is 0 Å². The summed E-state index contributed by atoms with van der Waals surface area (Å²) in [6.45, 7) is 2.30. The molecule has 0 aromatic heterocycles. The Balaban J connectivity index is 1.91. The molecule has 0 aromatic carbocycles. The molecule has 1 amide bonds. The molecule has 4 saturated carbocycles. The van der Waals surface area contributed by atoms with Crippen LogP contribution in [0.1, 0.15) is 51.9 Å². The molecule has 0 saturated heterocycles. The first-order chi connectivity index (χ1) is 7.63. The first-order valence-corrected chi connectivity index (χ1v) is 6.91. The van der Waals surface area contributed by atoms with Crippen LogP contribution in [0.4, 0.5) is 0 Å². The maximum Gasteiger partial charge on any atom is 0.217 e. The van der Waals surface area contributed by atoms with Crippen molar-refractivity contribution in [2.45, 2.75) is 51.9 Å². The monoisotopic (exact) mass is 221 g/mol. The zero-order chi connectivity index (χ0) is 11.3. The second kappa shape index (κ2) is 3.48. The molecule has 4 aliphatic rings. The van der Waals surface area contributed by atoms with Gasteiger partial charge in [-0.25, -0.2) is 0 Å². The summed E-state index contributed by atoms with van der Waals surface area (Å²) in [4.78, 5) is 11.4. The Hall–Kier alpha value is -0.530. The van der Waals surface area contributed by atoms with E-state index in [0.717, 1.165) is 23.7 Å². The fourth-order valence-electron chi connectivity index (χ4n) is 5.70. The molecule has 2 nitrogen and oxygen atoms in total. The second-order valence-corrected chi connectivity index (χ2v) is 6.63. The van der Waals surface area contributed by atoms with Gasteiger partial charge in [0, 0.05) is 6.42 Å². The van der Waals surface area contributed by atoms with Crippen molar-refractivity contribution in [1.82, 2.24) is 0 Å². The van der Waals surface area contributed by atoms with Gasteiger partial charge >= 0.3 is 0 Å². The van der Waals surface area contributed by atoms with Crippen LogP contribution < -0.4 is 5.73 Å². The third kappa shape index (κ3) is 1.42. The van der Waals surface area contributed by atoms with E-state index in [1.807, 2.05) is 0 Å². The van der Waals surface area contributed by atoms with Crippen molar-refractivity contribution < 1.29 is 4.79 Å². The van der Waals surface area contributed by atoms with E-state index < -0.39 is 0 Å². The summed E-state index contributed by atoms with van der Waals surface area (Å²) < 4.78 is 0. The molecule has 2 heteroatoms. The Morgan fingerprint density at radius 2 is 1.88 bits per heavy atom.